The van der Waals surface area contributed by atoms with Gasteiger partial charge in [0, 0.05) is 23.5 Å². The molecule has 2 N–H and O–H groups in total. The van der Waals surface area contributed by atoms with Crippen LogP contribution >= 0.6 is 0 Å². The Balaban J connectivity index is 1.75. The number of nitrogens with one attached hydrogen (secondary N) is 2. The molecule has 0 saturated heterocycles. The van der Waals surface area contributed by atoms with Gasteiger partial charge in [-0.25, -0.2) is 0 Å². The molecular formula is C22H25N3O4. The molecule has 0 aliphatic heterocycles. The third kappa shape index (κ3) is 4.56. The minimum Gasteiger partial charge on any atom is -0.496 e. The summed E-state index contributed by atoms with van der Waals surface area (Å²) in [7, 11) is 1.47. The highest BCUT2D eigenvalue weighted by molar-refractivity contribution is 5.93. The van der Waals surface area contributed by atoms with Gasteiger partial charge in [0.1, 0.15) is 5.75 Å². The van der Waals surface area contributed by atoms with Gasteiger partial charge < -0.3 is 19.6 Å². The minimum atomic E-state index is -0.430. The van der Waals surface area contributed by atoms with Gasteiger partial charge in [-0.3, -0.25) is 14.4 Å². The van der Waals surface area contributed by atoms with E-state index in [9.17, 15) is 14.4 Å². The van der Waals surface area contributed by atoms with Crippen molar-refractivity contribution in [2.24, 2.45) is 0 Å². The number of hydrogen-bond acceptors (Lipinski definition) is 4. The fourth-order valence-electron chi connectivity index (χ4n) is 3.36. The molecule has 0 aromatic carbocycles. The number of aromatic amines is 1. The number of allylic oxidation sites excluding steroid dienone is 4. The molecule has 0 fully saturated rings. The normalized spacial score (nSPS) is 14.2. The highest BCUT2D eigenvalue weighted by atomic mass is 16.5. The minimum absolute atomic E-state index is 0.00517. The fraction of sp³-hybridized carbons (Fsp3) is 0.318. The van der Waals surface area contributed by atoms with E-state index in [2.05, 4.69) is 22.5 Å². The van der Waals surface area contributed by atoms with Crippen molar-refractivity contribution in [2.45, 2.75) is 39.3 Å². The summed E-state index contributed by atoms with van der Waals surface area (Å²) in [5, 5.41) is 2.68. The number of rotatable bonds is 6. The van der Waals surface area contributed by atoms with Crippen LogP contribution in [-0.2, 0) is 6.54 Å². The van der Waals surface area contributed by atoms with E-state index in [4.69, 9.17) is 4.74 Å². The van der Waals surface area contributed by atoms with Gasteiger partial charge >= 0.3 is 0 Å². The predicted molar refractivity (Wildman–Crippen MR) is 111 cm³/mol. The zero-order valence-electron chi connectivity index (χ0n) is 16.8. The van der Waals surface area contributed by atoms with Crippen LogP contribution in [0.2, 0.25) is 0 Å². The fourth-order valence-corrected chi connectivity index (χ4v) is 3.36. The van der Waals surface area contributed by atoms with Gasteiger partial charge in [-0.1, -0.05) is 18.2 Å². The molecule has 2 aromatic heterocycles. The van der Waals surface area contributed by atoms with Crippen LogP contribution in [-0.4, -0.2) is 22.6 Å². The maximum absolute atomic E-state index is 12.6. The van der Waals surface area contributed by atoms with E-state index in [0.29, 0.717) is 17.0 Å². The number of aromatic nitrogens is 2. The van der Waals surface area contributed by atoms with Crippen LogP contribution in [0.1, 0.15) is 47.4 Å². The summed E-state index contributed by atoms with van der Waals surface area (Å²) < 4.78 is 6.83. The number of carbonyl (C=O) groups is 1. The molecule has 1 aliphatic carbocycles. The van der Waals surface area contributed by atoms with E-state index in [0.717, 1.165) is 18.4 Å². The zero-order valence-corrected chi connectivity index (χ0v) is 16.8. The molecule has 152 valence electrons. The average Bonchev–Trinajstić information content (AvgIpc) is 2.72. The number of nitrogens with zero attached hydrogens (tertiary/aromatic N) is 1. The molecule has 1 atom stereocenters. The molecule has 0 spiro atoms. The first-order chi connectivity index (χ1) is 13.9. The van der Waals surface area contributed by atoms with Crippen LogP contribution in [0.3, 0.4) is 0 Å². The lowest BCUT2D eigenvalue weighted by Gasteiger charge is -2.18. The smallest absolute Gasteiger partial charge is 0.256 e. The Labute approximate surface area is 168 Å². The van der Waals surface area contributed by atoms with Crippen molar-refractivity contribution in [3.05, 3.63) is 85.7 Å². The molecule has 29 heavy (non-hydrogen) atoms. The van der Waals surface area contributed by atoms with Crippen LogP contribution in [0, 0.1) is 6.92 Å². The summed E-state index contributed by atoms with van der Waals surface area (Å²) in [6.07, 6.45) is 9.87. The van der Waals surface area contributed by atoms with Crippen LogP contribution in [0.15, 0.2) is 57.8 Å². The van der Waals surface area contributed by atoms with Gasteiger partial charge in [-0.05, 0) is 44.4 Å². The predicted octanol–water partition coefficient (Wildman–Crippen LogP) is 2.62. The first kappa shape index (κ1) is 20.4. The number of H-pyrrole nitrogens is 1. The number of ether oxygens (including phenoxy) is 1. The number of pyridine rings is 2. The number of methoxy groups -OCH3 is 1. The van der Waals surface area contributed by atoms with Crippen molar-refractivity contribution >= 4 is 5.91 Å². The molecule has 0 radical (unpaired) electrons. The Kier molecular flexibility index (Phi) is 6.16. The molecule has 7 nitrogen and oxygen atoms in total. The second-order valence-corrected chi connectivity index (χ2v) is 7.03. The van der Waals surface area contributed by atoms with E-state index in [1.54, 1.807) is 29.8 Å². The third-order valence-electron chi connectivity index (χ3n) is 5.01. The zero-order chi connectivity index (χ0) is 21.0. The third-order valence-corrected chi connectivity index (χ3v) is 5.01. The molecule has 1 aliphatic rings. The Morgan fingerprint density at radius 3 is 2.76 bits per heavy atom. The number of hydrogen-bond donors (Lipinski definition) is 2. The van der Waals surface area contributed by atoms with Gasteiger partial charge in [0.2, 0.25) is 0 Å². The molecule has 3 rings (SSSR count). The summed E-state index contributed by atoms with van der Waals surface area (Å²) in [6, 6.07) is 4.51. The van der Waals surface area contributed by atoms with Gasteiger partial charge in [0.25, 0.3) is 17.0 Å². The highest BCUT2D eigenvalue weighted by Crippen LogP contribution is 2.21. The van der Waals surface area contributed by atoms with Crippen molar-refractivity contribution in [2.75, 3.05) is 7.11 Å². The van der Waals surface area contributed by atoms with Crippen molar-refractivity contribution in [3.63, 3.8) is 0 Å². The molecule has 1 unspecified atom stereocenters. The van der Waals surface area contributed by atoms with Crippen LogP contribution in [0.4, 0.5) is 0 Å². The molecule has 0 saturated carbocycles. The lowest BCUT2D eigenvalue weighted by atomic mass is 10.0. The van der Waals surface area contributed by atoms with Gasteiger partial charge in [0.15, 0.2) is 0 Å². The van der Waals surface area contributed by atoms with E-state index >= 15 is 0 Å². The standard InChI is InChI=1S/C22H25N3O4/c1-14-11-19(29-3)18(22(28)24-14)13-23-21(27)17-9-10-25(20(26)12-17)15(2)16-7-5-4-6-8-16/h5,7-12,15H,4,6,13H2,1-3H3,(H,23,27)(H,24,28). The Bertz CT molecular complexity index is 1090. The second kappa shape index (κ2) is 8.77. The first-order valence-corrected chi connectivity index (χ1v) is 9.54. The Morgan fingerprint density at radius 2 is 2.10 bits per heavy atom. The van der Waals surface area contributed by atoms with Crippen molar-refractivity contribution < 1.29 is 9.53 Å². The van der Waals surface area contributed by atoms with Gasteiger partial charge in [-0.15, -0.1) is 0 Å². The molecule has 2 heterocycles. The van der Waals surface area contributed by atoms with Gasteiger partial charge in [0.05, 0.1) is 25.3 Å². The lowest BCUT2D eigenvalue weighted by molar-refractivity contribution is 0.0950. The number of aryl methyl sites for hydroxylation is 1. The van der Waals surface area contributed by atoms with Crippen molar-refractivity contribution in [1.29, 1.82) is 0 Å². The summed E-state index contributed by atoms with van der Waals surface area (Å²) in [5.41, 5.74) is 1.75. The first-order valence-electron chi connectivity index (χ1n) is 9.54. The van der Waals surface area contributed by atoms with Crippen LogP contribution in [0.5, 0.6) is 5.75 Å². The Morgan fingerprint density at radius 1 is 1.31 bits per heavy atom. The summed E-state index contributed by atoms with van der Waals surface area (Å²) in [4.78, 5) is 39.9. The van der Waals surface area contributed by atoms with Crippen LogP contribution < -0.4 is 21.2 Å². The molecular weight excluding hydrogens is 370 g/mol. The maximum atomic E-state index is 12.6. The van der Waals surface area contributed by atoms with E-state index < -0.39 is 5.91 Å². The quantitative estimate of drug-likeness (QED) is 0.786. The van der Waals surface area contributed by atoms with Crippen molar-refractivity contribution in [1.82, 2.24) is 14.9 Å². The van der Waals surface area contributed by atoms with E-state index in [1.165, 1.54) is 13.2 Å². The molecule has 2 aromatic rings. The SMILES string of the molecule is COc1cc(C)[nH]c(=O)c1CNC(=O)c1ccn(C(C)C2=CCCC=C2)c(=O)c1. The Hall–Kier alpha value is -3.35. The molecule has 7 heteroatoms. The average molecular weight is 395 g/mol. The number of amides is 1. The van der Waals surface area contributed by atoms with Crippen LogP contribution in [0.25, 0.3) is 0 Å². The van der Waals surface area contributed by atoms with E-state index in [-0.39, 0.29) is 29.3 Å². The summed E-state index contributed by atoms with van der Waals surface area (Å²) in [6.45, 7) is 3.70. The molecule has 1 amide bonds. The van der Waals surface area contributed by atoms with Gasteiger partial charge in [-0.2, -0.15) is 0 Å². The molecule has 0 bridgehead atoms. The highest BCUT2D eigenvalue weighted by Gasteiger charge is 2.15. The second-order valence-electron chi connectivity index (χ2n) is 7.03. The number of carbonyl (C=O) groups excluding carboxylic acids is 1. The monoisotopic (exact) mass is 395 g/mol. The largest absolute Gasteiger partial charge is 0.496 e. The lowest BCUT2D eigenvalue weighted by Crippen LogP contribution is -2.30. The maximum Gasteiger partial charge on any atom is 0.256 e. The topological polar surface area (TPSA) is 93.2 Å². The van der Waals surface area contributed by atoms with Crippen molar-refractivity contribution in [3.8, 4) is 5.75 Å². The summed E-state index contributed by atoms with van der Waals surface area (Å²) in [5.74, 6) is -0.0229. The van der Waals surface area contributed by atoms with E-state index in [1.807, 2.05) is 13.0 Å². The summed E-state index contributed by atoms with van der Waals surface area (Å²) >= 11 is 0.